The largest absolute Gasteiger partial charge is 0.396 e. The summed E-state index contributed by atoms with van der Waals surface area (Å²) in [5.41, 5.74) is 10.8. The Morgan fingerprint density at radius 2 is 1.64 bits per heavy atom. The van der Waals surface area contributed by atoms with Crippen molar-refractivity contribution < 1.29 is 10.2 Å². The van der Waals surface area contributed by atoms with E-state index in [1.807, 2.05) is 0 Å². The molecule has 0 heterocycles. The van der Waals surface area contributed by atoms with Gasteiger partial charge in [-0.1, -0.05) is 0 Å². The third-order valence-corrected chi connectivity index (χ3v) is 2.06. The lowest BCUT2D eigenvalue weighted by Gasteiger charge is -2.32. The molecule has 0 aromatic carbocycles. The molecule has 0 aliphatic heterocycles. The van der Waals surface area contributed by atoms with Crippen molar-refractivity contribution in [3.05, 3.63) is 0 Å². The molecule has 0 aliphatic carbocycles. The maximum atomic E-state index is 8.66. The Bertz CT molecular complexity index is 101. The highest BCUT2D eigenvalue weighted by Crippen LogP contribution is 2.14. The molecule has 68 valence electrons. The Morgan fingerprint density at radius 1 is 1.27 bits per heavy atom. The van der Waals surface area contributed by atoms with Crippen LogP contribution in [0.2, 0.25) is 0 Å². The highest BCUT2D eigenvalue weighted by atomic mass is 16.3. The summed E-state index contributed by atoms with van der Waals surface area (Å²) < 4.78 is 0. The lowest BCUT2D eigenvalue weighted by Crippen LogP contribution is -2.54. The monoisotopic (exact) mass is 162 g/mol. The van der Waals surface area contributed by atoms with Gasteiger partial charge in [-0.05, 0) is 19.8 Å². The van der Waals surface area contributed by atoms with E-state index in [-0.39, 0.29) is 19.3 Å². The lowest BCUT2D eigenvalue weighted by atomic mass is 9.86. The molecule has 0 aliphatic rings. The molecule has 0 saturated carbocycles. The highest BCUT2D eigenvalue weighted by Gasteiger charge is 2.27. The zero-order chi connectivity index (χ0) is 8.91. The SMILES string of the molecule is CC(N)C(N)(CCO)CCO. The molecular formula is C7H18N2O2. The number of rotatable bonds is 5. The first-order valence-electron chi connectivity index (χ1n) is 3.83. The van der Waals surface area contributed by atoms with E-state index in [9.17, 15) is 0 Å². The van der Waals surface area contributed by atoms with Crippen molar-refractivity contribution in [2.24, 2.45) is 11.5 Å². The number of aliphatic hydroxyl groups is 2. The second-order valence-corrected chi connectivity index (χ2v) is 2.97. The average Bonchev–Trinajstić information content (AvgIpc) is 1.88. The van der Waals surface area contributed by atoms with Gasteiger partial charge in [-0.15, -0.1) is 0 Å². The summed E-state index contributed by atoms with van der Waals surface area (Å²) in [6.45, 7) is 1.81. The molecule has 4 heteroatoms. The van der Waals surface area contributed by atoms with Gasteiger partial charge < -0.3 is 21.7 Å². The Balaban J connectivity index is 4.01. The van der Waals surface area contributed by atoms with Gasteiger partial charge in [0.1, 0.15) is 0 Å². The number of nitrogens with two attached hydrogens (primary N) is 2. The van der Waals surface area contributed by atoms with Crippen LogP contribution < -0.4 is 11.5 Å². The molecule has 0 aromatic rings. The predicted octanol–water partition coefficient (Wildman–Crippen LogP) is -1.20. The molecule has 0 saturated heterocycles. The molecule has 0 amide bonds. The maximum Gasteiger partial charge on any atom is 0.0449 e. The van der Waals surface area contributed by atoms with Gasteiger partial charge in [-0.25, -0.2) is 0 Å². The Morgan fingerprint density at radius 3 is 1.82 bits per heavy atom. The van der Waals surface area contributed by atoms with E-state index < -0.39 is 5.54 Å². The molecule has 11 heavy (non-hydrogen) atoms. The first-order valence-corrected chi connectivity index (χ1v) is 3.83. The van der Waals surface area contributed by atoms with Crippen LogP contribution >= 0.6 is 0 Å². The standard InChI is InChI=1S/C7H18N2O2/c1-6(8)7(9,2-4-10)3-5-11/h6,10-11H,2-5,8-9H2,1H3. The van der Waals surface area contributed by atoms with Crippen LogP contribution in [-0.4, -0.2) is 35.0 Å². The summed E-state index contributed by atoms with van der Waals surface area (Å²) in [6, 6.07) is -0.207. The van der Waals surface area contributed by atoms with Gasteiger partial charge in [0.05, 0.1) is 0 Å². The summed E-state index contributed by atoms with van der Waals surface area (Å²) in [4.78, 5) is 0. The average molecular weight is 162 g/mol. The fourth-order valence-electron chi connectivity index (χ4n) is 0.997. The lowest BCUT2D eigenvalue weighted by molar-refractivity contribution is 0.177. The van der Waals surface area contributed by atoms with Crippen LogP contribution in [0.4, 0.5) is 0 Å². The molecule has 6 N–H and O–H groups in total. The third-order valence-electron chi connectivity index (χ3n) is 2.06. The smallest absolute Gasteiger partial charge is 0.0449 e. The van der Waals surface area contributed by atoms with E-state index in [4.69, 9.17) is 21.7 Å². The van der Waals surface area contributed by atoms with E-state index in [1.54, 1.807) is 6.92 Å². The maximum absolute atomic E-state index is 8.66. The molecule has 0 aromatic heterocycles. The number of hydrogen-bond donors (Lipinski definition) is 4. The van der Waals surface area contributed by atoms with Gasteiger partial charge in [0.25, 0.3) is 0 Å². The van der Waals surface area contributed by atoms with Crippen molar-refractivity contribution >= 4 is 0 Å². The van der Waals surface area contributed by atoms with Crippen LogP contribution in [-0.2, 0) is 0 Å². The molecule has 0 spiro atoms. The second-order valence-electron chi connectivity index (χ2n) is 2.97. The molecule has 1 unspecified atom stereocenters. The van der Waals surface area contributed by atoms with Gasteiger partial charge in [0.15, 0.2) is 0 Å². The van der Waals surface area contributed by atoms with Crippen molar-refractivity contribution in [3.8, 4) is 0 Å². The van der Waals surface area contributed by atoms with Crippen molar-refractivity contribution in [2.45, 2.75) is 31.3 Å². The Hall–Kier alpha value is -0.160. The first kappa shape index (κ1) is 10.8. The van der Waals surface area contributed by atoms with E-state index in [0.29, 0.717) is 12.8 Å². The first-order chi connectivity index (χ1) is 5.06. The van der Waals surface area contributed by atoms with Gasteiger partial charge >= 0.3 is 0 Å². The summed E-state index contributed by atoms with van der Waals surface area (Å²) in [7, 11) is 0. The van der Waals surface area contributed by atoms with E-state index in [2.05, 4.69) is 0 Å². The van der Waals surface area contributed by atoms with Gasteiger partial charge in [0, 0.05) is 24.8 Å². The molecule has 4 nitrogen and oxygen atoms in total. The summed E-state index contributed by atoms with van der Waals surface area (Å²) in [6.07, 6.45) is 0.871. The molecule has 0 fully saturated rings. The van der Waals surface area contributed by atoms with E-state index in [1.165, 1.54) is 0 Å². The van der Waals surface area contributed by atoms with Gasteiger partial charge in [-0.2, -0.15) is 0 Å². The van der Waals surface area contributed by atoms with Crippen LogP contribution in [0.15, 0.2) is 0 Å². The van der Waals surface area contributed by atoms with E-state index in [0.717, 1.165) is 0 Å². The topological polar surface area (TPSA) is 92.5 Å². The van der Waals surface area contributed by atoms with Crippen molar-refractivity contribution in [3.63, 3.8) is 0 Å². The third kappa shape index (κ3) is 3.16. The minimum absolute atomic E-state index is 0.0119. The molecule has 0 rings (SSSR count). The Kier molecular flexibility index (Phi) is 4.60. The molecule has 0 radical (unpaired) electrons. The van der Waals surface area contributed by atoms with Crippen molar-refractivity contribution in [1.82, 2.24) is 0 Å². The number of aliphatic hydroxyl groups excluding tert-OH is 2. The summed E-state index contributed by atoms with van der Waals surface area (Å²) >= 11 is 0. The van der Waals surface area contributed by atoms with Crippen molar-refractivity contribution in [2.75, 3.05) is 13.2 Å². The minimum atomic E-state index is -0.622. The van der Waals surface area contributed by atoms with Crippen LogP contribution in [0.5, 0.6) is 0 Å². The van der Waals surface area contributed by atoms with Gasteiger partial charge in [0.2, 0.25) is 0 Å². The fourth-order valence-corrected chi connectivity index (χ4v) is 0.997. The van der Waals surface area contributed by atoms with Gasteiger partial charge in [-0.3, -0.25) is 0 Å². The fraction of sp³-hybridized carbons (Fsp3) is 1.00. The number of hydrogen-bond acceptors (Lipinski definition) is 4. The molecule has 1 atom stereocenters. The second kappa shape index (κ2) is 4.66. The molecular weight excluding hydrogens is 144 g/mol. The Labute approximate surface area is 67.2 Å². The van der Waals surface area contributed by atoms with Crippen LogP contribution in [0, 0.1) is 0 Å². The summed E-state index contributed by atoms with van der Waals surface area (Å²) in [5.74, 6) is 0. The van der Waals surface area contributed by atoms with Crippen LogP contribution in [0.25, 0.3) is 0 Å². The van der Waals surface area contributed by atoms with E-state index >= 15 is 0 Å². The highest BCUT2D eigenvalue weighted by molar-refractivity contribution is 4.91. The summed E-state index contributed by atoms with van der Waals surface area (Å²) in [5, 5.41) is 17.3. The zero-order valence-corrected chi connectivity index (χ0v) is 6.95. The zero-order valence-electron chi connectivity index (χ0n) is 6.95. The van der Waals surface area contributed by atoms with Crippen LogP contribution in [0.3, 0.4) is 0 Å². The van der Waals surface area contributed by atoms with Crippen LogP contribution in [0.1, 0.15) is 19.8 Å². The quantitative estimate of drug-likeness (QED) is 0.408. The normalized spacial score (nSPS) is 15.0. The predicted molar refractivity (Wildman–Crippen MR) is 44.0 cm³/mol. The minimum Gasteiger partial charge on any atom is -0.396 e. The van der Waals surface area contributed by atoms with Crippen molar-refractivity contribution in [1.29, 1.82) is 0 Å². The molecule has 0 bridgehead atoms.